The first-order valence-corrected chi connectivity index (χ1v) is 6.16. The first-order chi connectivity index (χ1) is 9.58. The van der Waals surface area contributed by atoms with Gasteiger partial charge in [-0.2, -0.15) is 0 Å². The lowest BCUT2D eigenvalue weighted by atomic mass is 10.3. The topological polar surface area (TPSA) is 112 Å². The molecule has 108 valence electrons. The lowest BCUT2D eigenvalue weighted by Crippen LogP contribution is -2.49. The van der Waals surface area contributed by atoms with E-state index in [-0.39, 0.29) is 23.8 Å². The van der Waals surface area contributed by atoms with Gasteiger partial charge in [0.05, 0.1) is 12.1 Å². The van der Waals surface area contributed by atoms with Crippen molar-refractivity contribution in [2.24, 2.45) is 0 Å². The van der Waals surface area contributed by atoms with Crippen molar-refractivity contribution in [1.29, 1.82) is 0 Å². The molecule has 0 spiro atoms. The maximum atomic E-state index is 11.8. The van der Waals surface area contributed by atoms with E-state index >= 15 is 0 Å². The number of amides is 2. The molecule has 8 heteroatoms. The quantitative estimate of drug-likeness (QED) is 0.662. The Hall–Kier alpha value is -2.35. The average molecular weight is 281 g/mol. The number of piperazine rings is 1. The number of carbonyl (C=O) groups excluding carboxylic acids is 2. The molecule has 0 aliphatic carbocycles. The van der Waals surface area contributed by atoms with Gasteiger partial charge in [-0.25, -0.2) is 4.79 Å². The highest BCUT2D eigenvalue weighted by Gasteiger charge is 2.19. The Bertz CT molecular complexity index is 519. The van der Waals surface area contributed by atoms with Crippen molar-refractivity contribution in [2.45, 2.75) is 0 Å². The van der Waals surface area contributed by atoms with Crippen LogP contribution in [0.5, 0.6) is 0 Å². The third-order valence-electron chi connectivity index (χ3n) is 2.94. The van der Waals surface area contributed by atoms with E-state index in [2.05, 4.69) is 10.6 Å². The predicted molar refractivity (Wildman–Crippen MR) is 67.5 cm³/mol. The fourth-order valence-electron chi connectivity index (χ4n) is 1.84. The zero-order valence-corrected chi connectivity index (χ0v) is 10.7. The highest BCUT2D eigenvalue weighted by atomic mass is 16.4. The van der Waals surface area contributed by atoms with Crippen LogP contribution >= 0.6 is 0 Å². The standard InChI is InChI=1S/C12H15N3O5/c16-10(15-3-1-13-2-4-15)6-14-11(17)9-5-8(7-20-9)12(18)19/h5,7,13H,1-4,6H2,(H,14,17)(H,18,19). The Morgan fingerprint density at radius 2 is 2.05 bits per heavy atom. The zero-order valence-electron chi connectivity index (χ0n) is 10.7. The molecule has 0 bridgehead atoms. The van der Waals surface area contributed by atoms with Crippen molar-refractivity contribution in [1.82, 2.24) is 15.5 Å². The Balaban J connectivity index is 1.84. The molecule has 1 saturated heterocycles. The molecule has 1 aromatic rings. The van der Waals surface area contributed by atoms with Gasteiger partial charge in [-0.1, -0.05) is 0 Å². The molecule has 0 radical (unpaired) electrons. The van der Waals surface area contributed by atoms with Gasteiger partial charge in [-0.05, 0) is 0 Å². The zero-order chi connectivity index (χ0) is 14.5. The van der Waals surface area contributed by atoms with Crippen molar-refractivity contribution in [2.75, 3.05) is 32.7 Å². The molecule has 1 aliphatic heterocycles. The van der Waals surface area contributed by atoms with E-state index in [1.54, 1.807) is 4.90 Å². The van der Waals surface area contributed by atoms with Crippen LogP contribution in [0.3, 0.4) is 0 Å². The van der Waals surface area contributed by atoms with E-state index in [9.17, 15) is 14.4 Å². The monoisotopic (exact) mass is 281 g/mol. The number of rotatable bonds is 4. The highest BCUT2D eigenvalue weighted by molar-refractivity contribution is 5.97. The van der Waals surface area contributed by atoms with Crippen LogP contribution in [0.4, 0.5) is 0 Å². The first-order valence-electron chi connectivity index (χ1n) is 6.16. The van der Waals surface area contributed by atoms with Crippen molar-refractivity contribution in [3.05, 3.63) is 23.7 Å². The normalized spacial score (nSPS) is 14.9. The van der Waals surface area contributed by atoms with Crippen LogP contribution in [0.25, 0.3) is 0 Å². The smallest absolute Gasteiger partial charge is 0.338 e. The molecule has 3 N–H and O–H groups in total. The second kappa shape index (κ2) is 6.20. The maximum Gasteiger partial charge on any atom is 0.338 e. The Morgan fingerprint density at radius 1 is 1.35 bits per heavy atom. The summed E-state index contributed by atoms with van der Waals surface area (Å²) in [5.74, 6) is -2.09. The minimum Gasteiger partial charge on any atom is -0.478 e. The summed E-state index contributed by atoms with van der Waals surface area (Å²) in [4.78, 5) is 35.8. The number of hydrogen-bond donors (Lipinski definition) is 3. The summed E-state index contributed by atoms with van der Waals surface area (Å²) in [6.45, 7) is 2.55. The third-order valence-corrected chi connectivity index (χ3v) is 2.94. The summed E-state index contributed by atoms with van der Waals surface area (Å²) in [6.07, 6.45) is 0.982. The van der Waals surface area contributed by atoms with E-state index in [1.807, 2.05) is 0 Å². The molecule has 0 saturated carbocycles. The average Bonchev–Trinajstić information content (AvgIpc) is 2.95. The van der Waals surface area contributed by atoms with Gasteiger partial charge in [-0.3, -0.25) is 9.59 Å². The van der Waals surface area contributed by atoms with Crippen molar-refractivity contribution in [3.8, 4) is 0 Å². The second-order valence-electron chi connectivity index (χ2n) is 4.32. The number of furan rings is 1. The Kier molecular flexibility index (Phi) is 4.36. The Labute approximate surface area is 114 Å². The molecule has 0 unspecified atom stereocenters. The van der Waals surface area contributed by atoms with Crippen LogP contribution in [-0.2, 0) is 4.79 Å². The summed E-state index contributed by atoms with van der Waals surface area (Å²) in [5, 5.41) is 14.2. The summed E-state index contributed by atoms with van der Waals surface area (Å²) in [7, 11) is 0. The number of carboxylic acid groups (broad SMARTS) is 1. The van der Waals surface area contributed by atoms with Crippen LogP contribution in [-0.4, -0.2) is 60.5 Å². The number of carbonyl (C=O) groups is 3. The molecule has 0 atom stereocenters. The molecule has 0 aromatic carbocycles. The molecule has 8 nitrogen and oxygen atoms in total. The van der Waals surface area contributed by atoms with E-state index in [0.717, 1.165) is 25.4 Å². The van der Waals surface area contributed by atoms with Gasteiger partial charge >= 0.3 is 5.97 Å². The Morgan fingerprint density at radius 3 is 2.65 bits per heavy atom. The molecule has 2 heterocycles. The number of carboxylic acids is 1. The molecule has 2 rings (SSSR count). The molecule has 1 fully saturated rings. The summed E-state index contributed by atoms with van der Waals surface area (Å²) >= 11 is 0. The minimum absolute atomic E-state index is 0.108. The fourth-order valence-corrected chi connectivity index (χ4v) is 1.84. The van der Waals surface area contributed by atoms with Crippen LogP contribution in [0.2, 0.25) is 0 Å². The lowest BCUT2D eigenvalue weighted by Gasteiger charge is -2.27. The summed E-state index contributed by atoms with van der Waals surface area (Å²) in [5.41, 5.74) is -0.108. The number of hydrogen-bond acceptors (Lipinski definition) is 5. The summed E-state index contributed by atoms with van der Waals surface area (Å²) in [6, 6.07) is 1.12. The first kappa shape index (κ1) is 14.1. The highest BCUT2D eigenvalue weighted by Crippen LogP contribution is 2.07. The van der Waals surface area contributed by atoms with Crippen LogP contribution in [0.1, 0.15) is 20.9 Å². The van der Waals surface area contributed by atoms with Gasteiger partial charge in [-0.15, -0.1) is 0 Å². The number of aromatic carboxylic acids is 1. The molecule has 1 aliphatic rings. The largest absolute Gasteiger partial charge is 0.478 e. The number of nitrogens with zero attached hydrogens (tertiary/aromatic N) is 1. The predicted octanol–water partition coefficient (Wildman–Crippen LogP) is -0.861. The third kappa shape index (κ3) is 3.35. The van der Waals surface area contributed by atoms with Gasteiger partial charge in [0.25, 0.3) is 5.91 Å². The molecular weight excluding hydrogens is 266 g/mol. The van der Waals surface area contributed by atoms with Crippen molar-refractivity contribution in [3.63, 3.8) is 0 Å². The van der Waals surface area contributed by atoms with Crippen molar-refractivity contribution >= 4 is 17.8 Å². The van der Waals surface area contributed by atoms with Gasteiger partial charge < -0.3 is 25.1 Å². The van der Waals surface area contributed by atoms with E-state index < -0.39 is 11.9 Å². The summed E-state index contributed by atoms with van der Waals surface area (Å²) < 4.78 is 4.84. The molecule has 20 heavy (non-hydrogen) atoms. The van der Waals surface area contributed by atoms with E-state index in [1.165, 1.54) is 0 Å². The lowest BCUT2D eigenvalue weighted by molar-refractivity contribution is -0.130. The van der Waals surface area contributed by atoms with Gasteiger partial charge in [0.2, 0.25) is 5.91 Å². The van der Waals surface area contributed by atoms with Gasteiger partial charge in [0.15, 0.2) is 5.76 Å². The number of nitrogens with one attached hydrogen (secondary N) is 2. The molecular formula is C12H15N3O5. The molecule has 1 aromatic heterocycles. The maximum absolute atomic E-state index is 11.8. The van der Waals surface area contributed by atoms with Crippen LogP contribution in [0, 0.1) is 0 Å². The molecule has 2 amide bonds. The fraction of sp³-hybridized carbons (Fsp3) is 0.417. The van der Waals surface area contributed by atoms with Gasteiger partial charge in [0.1, 0.15) is 6.26 Å². The van der Waals surface area contributed by atoms with Crippen molar-refractivity contribution < 1.29 is 23.9 Å². The van der Waals surface area contributed by atoms with E-state index in [0.29, 0.717) is 13.1 Å². The minimum atomic E-state index is -1.18. The second-order valence-corrected chi connectivity index (χ2v) is 4.32. The van der Waals surface area contributed by atoms with Gasteiger partial charge in [0, 0.05) is 32.2 Å². The van der Waals surface area contributed by atoms with Crippen LogP contribution in [0.15, 0.2) is 16.7 Å². The SMILES string of the molecule is O=C(O)c1coc(C(=O)NCC(=O)N2CCNCC2)c1. The van der Waals surface area contributed by atoms with Crippen LogP contribution < -0.4 is 10.6 Å². The van der Waals surface area contributed by atoms with E-state index in [4.69, 9.17) is 9.52 Å².